The highest BCUT2D eigenvalue weighted by Gasteiger charge is 2.23. The summed E-state index contributed by atoms with van der Waals surface area (Å²) in [5, 5.41) is 15.1. The number of hydrogen-bond acceptors (Lipinski definition) is 6. The highest BCUT2D eigenvalue weighted by Crippen LogP contribution is 2.30. The lowest BCUT2D eigenvalue weighted by Gasteiger charge is -2.38. The van der Waals surface area contributed by atoms with Crippen LogP contribution in [0, 0.1) is 18.3 Å². The number of carbonyl (C=O) groups excluding carboxylic acids is 3. The Balaban J connectivity index is 1.30. The molecule has 2 heterocycles. The molecule has 0 unspecified atom stereocenters. The summed E-state index contributed by atoms with van der Waals surface area (Å²) in [6, 6.07) is 22.3. The maximum absolute atomic E-state index is 13.2. The van der Waals surface area contributed by atoms with Gasteiger partial charge in [0.2, 0.25) is 5.91 Å². The van der Waals surface area contributed by atoms with Gasteiger partial charge < -0.3 is 25.3 Å². The molecule has 2 saturated heterocycles. The normalized spacial score (nSPS) is 15.0. The van der Waals surface area contributed by atoms with Gasteiger partial charge in [0.1, 0.15) is 0 Å². The number of carbonyl (C=O) groups is 3. The third kappa shape index (κ3) is 6.72. The van der Waals surface area contributed by atoms with E-state index in [0.717, 1.165) is 44.8 Å². The second-order valence-corrected chi connectivity index (χ2v) is 10.7. The summed E-state index contributed by atoms with van der Waals surface area (Å²) in [6.45, 7) is 7.18. The zero-order chi connectivity index (χ0) is 29.5. The van der Waals surface area contributed by atoms with Crippen LogP contribution in [0.1, 0.15) is 51.1 Å². The second-order valence-electron chi connectivity index (χ2n) is 10.7. The molecule has 9 nitrogen and oxygen atoms in total. The van der Waals surface area contributed by atoms with E-state index >= 15 is 0 Å². The zero-order valence-corrected chi connectivity index (χ0v) is 23.9. The van der Waals surface area contributed by atoms with Gasteiger partial charge in [-0.3, -0.25) is 14.4 Å². The smallest absolute Gasteiger partial charge is 0.255 e. The molecule has 5 rings (SSSR count). The molecule has 2 fully saturated rings. The largest absolute Gasteiger partial charge is 0.368 e. The van der Waals surface area contributed by atoms with Crippen LogP contribution in [-0.4, -0.2) is 68.4 Å². The van der Waals surface area contributed by atoms with Crippen LogP contribution < -0.4 is 20.4 Å². The Labute approximate surface area is 246 Å². The van der Waals surface area contributed by atoms with Crippen LogP contribution in [0.4, 0.5) is 17.1 Å². The quantitative estimate of drug-likeness (QED) is 0.378. The molecule has 0 radical (unpaired) electrons. The molecule has 9 heteroatoms. The summed E-state index contributed by atoms with van der Waals surface area (Å²) in [5.41, 5.74) is 5.23. The Morgan fingerprint density at radius 1 is 0.857 bits per heavy atom. The lowest BCUT2D eigenvalue weighted by Crippen LogP contribution is -2.47. The molecule has 216 valence electrons. The lowest BCUT2D eigenvalue weighted by molar-refractivity contribution is -0.127. The minimum Gasteiger partial charge on any atom is -0.368 e. The van der Waals surface area contributed by atoms with Gasteiger partial charge in [-0.15, -0.1) is 0 Å². The van der Waals surface area contributed by atoms with Crippen LogP contribution in [0.3, 0.4) is 0 Å². The average Bonchev–Trinajstić information content (AvgIpc) is 3.43. The standard InChI is InChI=1S/C33H36N6O3/c1-24-6-2-3-7-29(24)37-18-20-38(21-19-37)30-14-13-27(32(41)35-15-5-17-39-16-4-8-31(39)40)22-28(30)36-33(42)26-11-9-25(23-34)10-12-26/h2-3,6-7,9-14,22H,4-5,8,15-21H2,1H3,(H,35,41)(H,36,42). The van der Waals surface area contributed by atoms with Crippen molar-refractivity contribution in [1.29, 1.82) is 5.26 Å². The maximum Gasteiger partial charge on any atom is 0.255 e. The first kappa shape index (κ1) is 28.7. The van der Waals surface area contributed by atoms with Crippen LogP contribution in [0.5, 0.6) is 0 Å². The molecule has 0 atom stereocenters. The van der Waals surface area contributed by atoms with Gasteiger partial charge in [0.05, 0.1) is 23.0 Å². The summed E-state index contributed by atoms with van der Waals surface area (Å²) in [5.74, 6) is -0.362. The van der Waals surface area contributed by atoms with E-state index < -0.39 is 0 Å². The van der Waals surface area contributed by atoms with Crippen LogP contribution >= 0.6 is 0 Å². The van der Waals surface area contributed by atoms with Gasteiger partial charge in [-0.1, -0.05) is 18.2 Å². The Bertz CT molecular complexity index is 1490. The fraction of sp³-hybridized carbons (Fsp3) is 0.333. The van der Waals surface area contributed by atoms with Crippen molar-refractivity contribution in [2.75, 3.05) is 60.9 Å². The first-order chi connectivity index (χ1) is 20.4. The summed E-state index contributed by atoms with van der Waals surface area (Å²) in [7, 11) is 0. The Morgan fingerprint density at radius 2 is 1.55 bits per heavy atom. The molecular weight excluding hydrogens is 528 g/mol. The van der Waals surface area contributed by atoms with Gasteiger partial charge in [-0.05, 0) is 73.9 Å². The fourth-order valence-corrected chi connectivity index (χ4v) is 5.56. The third-order valence-corrected chi connectivity index (χ3v) is 7.92. The molecule has 3 aromatic carbocycles. The van der Waals surface area contributed by atoms with Gasteiger partial charge in [-0.25, -0.2) is 0 Å². The van der Waals surface area contributed by atoms with Crippen molar-refractivity contribution in [2.45, 2.75) is 26.2 Å². The molecule has 0 aromatic heterocycles. The monoisotopic (exact) mass is 564 g/mol. The van der Waals surface area contributed by atoms with E-state index in [9.17, 15) is 14.4 Å². The van der Waals surface area contributed by atoms with Crippen LogP contribution in [0.15, 0.2) is 66.7 Å². The molecular formula is C33H36N6O3. The van der Waals surface area contributed by atoms with Crippen molar-refractivity contribution >= 4 is 34.8 Å². The summed E-state index contributed by atoms with van der Waals surface area (Å²) < 4.78 is 0. The maximum atomic E-state index is 13.2. The number of benzene rings is 3. The van der Waals surface area contributed by atoms with Crippen molar-refractivity contribution in [3.8, 4) is 6.07 Å². The summed E-state index contributed by atoms with van der Waals surface area (Å²) in [6.07, 6.45) is 2.19. The number of hydrogen-bond donors (Lipinski definition) is 2. The van der Waals surface area contributed by atoms with E-state index in [2.05, 4.69) is 51.6 Å². The number of nitriles is 1. The van der Waals surface area contributed by atoms with Gasteiger partial charge in [0.25, 0.3) is 11.8 Å². The van der Waals surface area contributed by atoms with Crippen molar-refractivity contribution in [2.24, 2.45) is 0 Å². The number of nitrogens with one attached hydrogen (secondary N) is 2. The molecule has 2 N–H and O–H groups in total. The predicted octanol–water partition coefficient (Wildman–Crippen LogP) is 4.19. The van der Waals surface area contributed by atoms with Crippen molar-refractivity contribution in [1.82, 2.24) is 10.2 Å². The highest BCUT2D eigenvalue weighted by molar-refractivity contribution is 6.07. The van der Waals surface area contributed by atoms with Gasteiger partial charge >= 0.3 is 0 Å². The minimum absolute atomic E-state index is 0.180. The Morgan fingerprint density at radius 3 is 2.21 bits per heavy atom. The fourth-order valence-electron chi connectivity index (χ4n) is 5.56. The first-order valence-electron chi connectivity index (χ1n) is 14.5. The van der Waals surface area contributed by atoms with Crippen LogP contribution in [0.25, 0.3) is 0 Å². The molecule has 0 spiro atoms. The van der Waals surface area contributed by atoms with Gasteiger partial charge in [-0.2, -0.15) is 5.26 Å². The summed E-state index contributed by atoms with van der Waals surface area (Å²) in [4.78, 5) is 44.5. The average molecular weight is 565 g/mol. The zero-order valence-electron chi connectivity index (χ0n) is 23.9. The minimum atomic E-state index is -0.313. The van der Waals surface area contributed by atoms with E-state index in [0.29, 0.717) is 48.3 Å². The van der Waals surface area contributed by atoms with Crippen molar-refractivity contribution < 1.29 is 14.4 Å². The highest BCUT2D eigenvalue weighted by atomic mass is 16.2. The molecule has 0 bridgehead atoms. The lowest BCUT2D eigenvalue weighted by atomic mass is 10.1. The number of aryl methyl sites for hydroxylation is 1. The Hall–Kier alpha value is -4.84. The number of rotatable bonds is 9. The SMILES string of the molecule is Cc1ccccc1N1CCN(c2ccc(C(=O)NCCCN3CCCC3=O)cc2NC(=O)c2ccc(C#N)cc2)CC1. The van der Waals surface area contributed by atoms with Crippen molar-refractivity contribution in [3.05, 3.63) is 89.0 Å². The topological polar surface area (TPSA) is 109 Å². The second kappa shape index (κ2) is 13.2. The number of anilines is 3. The van der Waals surface area contributed by atoms with E-state index in [4.69, 9.17) is 5.26 Å². The number of amides is 3. The number of piperazine rings is 1. The van der Waals surface area contributed by atoms with E-state index in [1.165, 1.54) is 11.3 Å². The molecule has 0 aliphatic carbocycles. The molecule has 2 aliphatic rings. The first-order valence-corrected chi connectivity index (χ1v) is 14.5. The third-order valence-electron chi connectivity index (χ3n) is 7.92. The van der Waals surface area contributed by atoms with Crippen LogP contribution in [-0.2, 0) is 4.79 Å². The molecule has 42 heavy (non-hydrogen) atoms. The van der Waals surface area contributed by atoms with Gasteiger partial charge in [0.15, 0.2) is 0 Å². The van der Waals surface area contributed by atoms with Crippen molar-refractivity contribution in [3.63, 3.8) is 0 Å². The molecule has 3 amide bonds. The molecule has 0 saturated carbocycles. The van der Waals surface area contributed by atoms with E-state index in [1.807, 2.05) is 17.0 Å². The summed E-state index contributed by atoms with van der Waals surface area (Å²) >= 11 is 0. The van der Waals surface area contributed by atoms with E-state index in [1.54, 1.807) is 36.4 Å². The number of para-hydroxylation sites is 1. The van der Waals surface area contributed by atoms with Gasteiger partial charge in [0, 0.05) is 69.0 Å². The molecule has 2 aliphatic heterocycles. The van der Waals surface area contributed by atoms with Crippen LogP contribution in [0.2, 0.25) is 0 Å². The predicted molar refractivity (Wildman–Crippen MR) is 164 cm³/mol. The van der Waals surface area contributed by atoms with E-state index in [-0.39, 0.29) is 17.7 Å². The Kier molecular flexibility index (Phi) is 9.02. The number of nitrogens with zero attached hydrogens (tertiary/aromatic N) is 4. The number of likely N-dealkylation sites (tertiary alicyclic amines) is 1. The molecule has 3 aromatic rings.